The lowest BCUT2D eigenvalue weighted by molar-refractivity contribution is -0.127. The van der Waals surface area contributed by atoms with Crippen molar-refractivity contribution in [2.75, 3.05) is 19.8 Å². The fourth-order valence-corrected chi connectivity index (χ4v) is 3.09. The molecule has 2 rings (SSSR count). The average Bonchev–Trinajstić information content (AvgIpc) is 2.40. The predicted octanol–water partition coefficient (Wildman–Crippen LogP) is 1.29. The van der Waals surface area contributed by atoms with Crippen LogP contribution in [0.25, 0.3) is 0 Å². The smallest absolute Gasteiger partial charge is 0.224 e. The lowest BCUT2D eigenvalue weighted by Gasteiger charge is -2.33. The Morgan fingerprint density at radius 2 is 2.17 bits per heavy atom. The van der Waals surface area contributed by atoms with Gasteiger partial charge in [0.25, 0.3) is 0 Å². The number of carbonyl (C=O) groups excluding carboxylic acids is 1. The lowest BCUT2D eigenvalue weighted by atomic mass is 9.78. The van der Waals surface area contributed by atoms with Crippen molar-refractivity contribution in [1.29, 1.82) is 0 Å². The van der Waals surface area contributed by atoms with Crippen LogP contribution >= 0.6 is 0 Å². The second-order valence-electron chi connectivity index (χ2n) is 5.92. The third kappa shape index (κ3) is 3.45. The maximum atomic E-state index is 12.2. The van der Waals surface area contributed by atoms with Gasteiger partial charge in [-0.3, -0.25) is 4.79 Å². The second kappa shape index (κ2) is 6.53. The average molecular weight is 254 g/mol. The van der Waals surface area contributed by atoms with Gasteiger partial charge in [-0.1, -0.05) is 13.3 Å². The zero-order chi connectivity index (χ0) is 13.0. The molecular formula is C14H26N2O2. The van der Waals surface area contributed by atoms with Crippen LogP contribution in [0, 0.1) is 17.8 Å². The van der Waals surface area contributed by atoms with Gasteiger partial charge in [0.2, 0.25) is 5.91 Å². The SMILES string of the molecule is CC1CCCC(C(=O)NCC2CCCOC2)C1N. The monoisotopic (exact) mass is 254 g/mol. The summed E-state index contributed by atoms with van der Waals surface area (Å²) in [6.07, 6.45) is 5.49. The summed E-state index contributed by atoms with van der Waals surface area (Å²) in [5.74, 6) is 1.12. The largest absolute Gasteiger partial charge is 0.381 e. The van der Waals surface area contributed by atoms with E-state index in [-0.39, 0.29) is 17.9 Å². The summed E-state index contributed by atoms with van der Waals surface area (Å²) < 4.78 is 5.42. The van der Waals surface area contributed by atoms with Crippen LogP contribution in [0.3, 0.4) is 0 Å². The van der Waals surface area contributed by atoms with Crippen LogP contribution in [0.5, 0.6) is 0 Å². The molecule has 1 amide bonds. The van der Waals surface area contributed by atoms with Crippen molar-refractivity contribution in [3.8, 4) is 0 Å². The summed E-state index contributed by atoms with van der Waals surface area (Å²) in [6, 6.07) is 0.0290. The van der Waals surface area contributed by atoms with Gasteiger partial charge >= 0.3 is 0 Å². The van der Waals surface area contributed by atoms with Crippen molar-refractivity contribution in [3.05, 3.63) is 0 Å². The van der Waals surface area contributed by atoms with E-state index < -0.39 is 0 Å². The van der Waals surface area contributed by atoms with Crippen molar-refractivity contribution in [2.24, 2.45) is 23.5 Å². The molecule has 4 atom stereocenters. The normalized spacial score (nSPS) is 37.2. The zero-order valence-corrected chi connectivity index (χ0v) is 11.4. The summed E-state index contributed by atoms with van der Waals surface area (Å²) in [5, 5.41) is 3.07. The van der Waals surface area contributed by atoms with E-state index in [1.165, 1.54) is 0 Å². The lowest BCUT2D eigenvalue weighted by Crippen LogP contribution is -2.48. The molecule has 104 valence electrons. The number of nitrogens with one attached hydrogen (secondary N) is 1. The molecule has 1 saturated heterocycles. The second-order valence-corrected chi connectivity index (χ2v) is 5.92. The number of hydrogen-bond donors (Lipinski definition) is 2. The highest BCUT2D eigenvalue weighted by molar-refractivity contribution is 5.79. The van der Waals surface area contributed by atoms with Crippen molar-refractivity contribution < 1.29 is 9.53 Å². The third-order valence-corrected chi connectivity index (χ3v) is 4.45. The van der Waals surface area contributed by atoms with Crippen LogP contribution in [-0.4, -0.2) is 31.7 Å². The standard InChI is InChI=1S/C14H26N2O2/c1-10-4-2-6-12(13(10)15)14(17)16-8-11-5-3-7-18-9-11/h10-13H,2-9,15H2,1H3,(H,16,17). The molecule has 1 saturated carbocycles. The van der Waals surface area contributed by atoms with E-state index in [2.05, 4.69) is 12.2 Å². The molecule has 0 aromatic carbocycles. The van der Waals surface area contributed by atoms with Gasteiger partial charge in [0, 0.05) is 19.2 Å². The Morgan fingerprint density at radius 1 is 1.33 bits per heavy atom. The summed E-state index contributed by atoms with van der Waals surface area (Å²) in [7, 11) is 0. The van der Waals surface area contributed by atoms with Gasteiger partial charge in [-0.25, -0.2) is 0 Å². The summed E-state index contributed by atoms with van der Waals surface area (Å²) in [6.45, 7) is 4.55. The molecule has 1 heterocycles. The van der Waals surface area contributed by atoms with Gasteiger partial charge in [0.05, 0.1) is 12.5 Å². The van der Waals surface area contributed by atoms with Crippen LogP contribution in [0.4, 0.5) is 0 Å². The summed E-state index contributed by atoms with van der Waals surface area (Å²) >= 11 is 0. The Hall–Kier alpha value is -0.610. The van der Waals surface area contributed by atoms with Gasteiger partial charge in [0.15, 0.2) is 0 Å². The molecule has 0 radical (unpaired) electrons. The molecule has 4 unspecified atom stereocenters. The Morgan fingerprint density at radius 3 is 2.89 bits per heavy atom. The van der Waals surface area contributed by atoms with E-state index in [1.807, 2.05) is 0 Å². The van der Waals surface area contributed by atoms with Crippen LogP contribution in [-0.2, 0) is 9.53 Å². The fraction of sp³-hybridized carbons (Fsp3) is 0.929. The van der Waals surface area contributed by atoms with Gasteiger partial charge in [0.1, 0.15) is 0 Å². The first-order chi connectivity index (χ1) is 8.68. The number of amides is 1. The molecule has 18 heavy (non-hydrogen) atoms. The van der Waals surface area contributed by atoms with Crippen molar-refractivity contribution in [2.45, 2.75) is 45.1 Å². The summed E-state index contributed by atoms with van der Waals surface area (Å²) in [5.41, 5.74) is 6.15. The Balaban J connectivity index is 1.76. The minimum absolute atomic E-state index is 0.0123. The van der Waals surface area contributed by atoms with E-state index in [4.69, 9.17) is 10.5 Å². The molecule has 0 bridgehead atoms. The first-order valence-electron chi connectivity index (χ1n) is 7.29. The minimum Gasteiger partial charge on any atom is -0.381 e. The molecule has 3 N–H and O–H groups in total. The van der Waals surface area contributed by atoms with Crippen LogP contribution < -0.4 is 11.1 Å². The van der Waals surface area contributed by atoms with E-state index in [0.29, 0.717) is 11.8 Å². The molecule has 4 nitrogen and oxygen atoms in total. The number of hydrogen-bond acceptors (Lipinski definition) is 3. The predicted molar refractivity (Wildman–Crippen MR) is 71.0 cm³/mol. The summed E-state index contributed by atoms with van der Waals surface area (Å²) in [4.78, 5) is 12.2. The van der Waals surface area contributed by atoms with E-state index in [1.54, 1.807) is 0 Å². The molecular weight excluding hydrogens is 228 g/mol. The van der Waals surface area contributed by atoms with Crippen LogP contribution in [0.15, 0.2) is 0 Å². The first-order valence-corrected chi connectivity index (χ1v) is 7.29. The fourth-order valence-electron chi connectivity index (χ4n) is 3.09. The molecule has 0 spiro atoms. The number of nitrogens with two attached hydrogens (primary N) is 1. The van der Waals surface area contributed by atoms with E-state index in [9.17, 15) is 4.79 Å². The Kier molecular flexibility index (Phi) is 5.01. The topological polar surface area (TPSA) is 64.3 Å². The van der Waals surface area contributed by atoms with E-state index >= 15 is 0 Å². The van der Waals surface area contributed by atoms with Crippen molar-refractivity contribution >= 4 is 5.91 Å². The van der Waals surface area contributed by atoms with Gasteiger partial charge in [-0.05, 0) is 37.5 Å². The molecule has 0 aromatic heterocycles. The number of carbonyl (C=O) groups is 1. The van der Waals surface area contributed by atoms with Crippen LogP contribution in [0.2, 0.25) is 0 Å². The van der Waals surface area contributed by atoms with Crippen molar-refractivity contribution in [3.63, 3.8) is 0 Å². The maximum absolute atomic E-state index is 12.2. The van der Waals surface area contributed by atoms with Gasteiger partial charge in [-0.2, -0.15) is 0 Å². The molecule has 4 heteroatoms. The Labute approximate surface area is 110 Å². The quantitative estimate of drug-likeness (QED) is 0.797. The minimum atomic E-state index is 0.0123. The number of rotatable bonds is 3. The molecule has 2 fully saturated rings. The third-order valence-electron chi connectivity index (χ3n) is 4.45. The van der Waals surface area contributed by atoms with E-state index in [0.717, 1.165) is 51.9 Å². The van der Waals surface area contributed by atoms with Gasteiger partial charge < -0.3 is 15.8 Å². The molecule has 0 aromatic rings. The molecule has 1 aliphatic carbocycles. The zero-order valence-electron chi connectivity index (χ0n) is 11.4. The highest BCUT2D eigenvalue weighted by Crippen LogP contribution is 2.28. The van der Waals surface area contributed by atoms with Gasteiger partial charge in [-0.15, -0.1) is 0 Å². The first kappa shape index (κ1) is 13.8. The molecule has 2 aliphatic rings. The number of ether oxygens (including phenoxy) is 1. The Bertz CT molecular complexity index is 277. The van der Waals surface area contributed by atoms with Crippen LogP contribution in [0.1, 0.15) is 39.0 Å². The van der Waals surface area contributed by atoms with Crippen molar-refractivity contribution in [1.82, 2.24) is 5.32 Å². The molecule has 1 aliphatic heterocycles. The highest BCUT2D eigenvalue weighted by Gasteiger charge is 2.32. The highest BCUT2D eigenvalue weighted by atomic mass is 16.5. The maximum Gasteiger partial charge on any atom is 0.224 e.